The van der Waals surface area contributed by atoms with Crippen molar-refractivity contribution in [2.75, 3.05) is 12.4 Å². The molecular formula is C16H13N5O2S3. The topological polar surface area (TPSA) is 86.0 Å². The summed E-state index contributed by atoms with van der Waals surface area (Å²) in [5, 5.41) is 20.2. The number of nitrogens with one attached hydrogen (secondary N) is 1. The fourth-order valence-corrected chi connectivity index (χ4v) is 4.33. The molecule has 0 atom stereocenters. The van der Waals surface area contributed by atoms with Gasteiger partial charge >= 0.3 is 0 Å². The molecule has 0 saturated carbocycles. The fraction of sp³-hybridized carbons (Fsp3) is 0.125. The zero-order chi connectivity index (χ0) is 17.8. The van der Waals surface area contributed by atoms with Crippen LogP contribution in [-0.4, -0.2) is 27.4 Å². The summed E-state index contributed by atoms with van der Waals surface area (Å²) in [6, 6.07) is 9.61. The standard InChI is InChI=1S/C16H13N5O2S3/c1-22-12-4-2-3-11(7-12)17-15-19-20-16(26-15)25-9-13-18-14(23-21-13)10-5-6-24-8-10/h2-8H,9H2,1H3,(H,17,19). The molecule has 1 N–H and O–H groups in total. The van der Waals surface area contributed by atoms with Crippen LogP contribution in [-0.2, 0) is 5.75 Å². The van der Waals surface area contributed by atoms with Crippen LogP contribution in [0.1, 0.15) is 5.82 Å². The van der Waals surface area contributed by atoms with E-state index in [-0.39, 0.29) is 0 Å². The van der Waals surface area contributed by atoms with Gasteiger partial charge in [-0.05, 0) is 23.6 Å². The van der Waals surface area contributed by atoms with E-state index in [0.717, 1.165) is 21.3 Å². The summed E-state index contributed by atoms with van der Waals surface area (Å²) in [7, 11) is 1.64. The quantitative estimate of drug-likeness (QED) is 0.445. The lowest BCUT2D eigenvalue weighted by Crippen LogP contribution is -1.90. The smallest absolute Gasteiger partial charge is 0.258 e. The molecule has 7 nitrogen and oxygen atoms in total. The first-order chi connectivity index (χ1) is 12.8. The average molecular weight is 404 g/mol. The highest BCUT2D eigenvalue weighted by molar-refractivity contribution is 8.00. The Morgan fingerprint density at radius 1 is 1.27 bits per heavy atom. The molecule has 26 heavy (non-hydrogen) atoms. The van der Waals surface area contributed by atoms with Crippen molar-refractivity contribution in [2.24, 2.45) is 0 Å². The van der Waals surface area contributed by atoms with E-state index in [1.165, 1.54) is 23.1 Å². The van der Waals surface area contributed by atoms with Crippen LogP contribution in [0, 0.1) is 0 Å². The van der Waals surface area contributed by atoms with E-state index in [2.05, 4.69) is 25.7 Å². The van der Waals surface area contributed by atoms with Gasteiger partial charge in [0.2, 0.25) is 5.13 Å². The highest BCUT2D eigenvalue weighted by Crippen LogP contribution is 2.30. The molecule has 0 spiro atoms. The first-order valence-corrected chi connectivity index (χ1v) is 10.3. The van der Waals surface area contributed by atoms with Gasteiger partial charge in [0.25, 0.3) is 5.89 Å². The Morgan fingerprint density at radius 2 is 2.23 bits per heavy atom. The number of hydrogen-bond donors (Lipinski definition) is 1. The minimum Gasteiger partial charge on any atom is -0.497 e. The monoisotopic (exact) mass is 403 g/mol. The SMILES string of the molecule is COc1cccc(Nc2nnc(SCc3noc(-c4ccsc4)n3)s2)c1. The predicted molar refractivity (Wildman–Crippen MR) is 103 cm³/mol. The molecule has 3 aromatic heterocycles. The van der Waals surface area contributed by atoms with Crippen molar-refractivity contribution in [3.63, 3.8) is 0 Å². The summed E-state index contributed by atoms with van der Waals surface area (Å²) >= 11 is 4.59. The molecule has 0 aliphatic heterocycles. The summed E-state index contributed by atoms with van der Waals surface area (Å²) in [6.07, 6.45) is 0. The number of benzene rings is 1. The van der Waals surface area contributed by atoms with Gasteiger partial charge in [-0.3, -0.25) is 0 Å². The highest BCUT2D eigenvalue weighted by Gasteiger charge is 2.11. The zero-order valence-electron chi connectivity index (χ0n) is 13.6. The van der Waals surface area contributed by atoms with E-state index in [1.807, 2.05) is 41.1 Å². The molecule has 0 aliphatic carbocycles. The van der Waals surface area contributed by atoms with Gasteiger partial charge in [0.1, 0.15) is 5.75 Å². The Balaban J connectivity index is 1.36. The summed E-state index contributed by atoms with van der Waals surface area (Å²) in [5.41, 5.74) is 1.84. The second-order valence-electron chi connectivity index (χ2n) is 5.05. The van der Waals surface area contributed by atoms with Crippen molar-refractivity contribution in [1.29, 1.82) is 0 Å². The van der Waals surface area contributed by atoms with Crippen LogP contribution >= 0.6 is 34.4 Å². The number of hydrogen-bond acceptors (Lipinski definition) is 10. The summed E-state index contributed by atoms with van der Waals surface area (Å²) < 4.78 is 11.3. The largest absolute Gasteiger partial charge is 0.497 e. The van der Waals surface area contributed by atoms with Crippen LogP contribution in [0.3, 0.4) is 0 Å². The van der Waals surface area contributed by atoms with Crippen molar-refractivity contribution in [3.05, 3.63) is 46.9 Å². The third-order valence-electron chi connectivity index (χ3n) is 3.29. The van der Waals surface area contributed by atoms with E-state index in [0.29, 0.717) is 22.6 Å². The van der Waals surface area contributed by atoms with Gasteiger partial charge in [-0.1, -0.05) is 34.3 Å². The lowest BCUT2D eigenvalue weighted by Gasteiger charge is -2.04. The Labute approximate surface area is 161 Å². The van der Waals surface area contributed by atoms with Gasteiger partial charge in [-0.25, -0.2) is 0 Å². The highest BCUT2D eigenvalue weighted by atomic mass is 32.2. The fourth-order valence-electron chi connectivity index (χ4n) is 2.09. The molecule has 4 aromatic rings. The zero-order valence-corrected chi connectivity index (χ0v) is 16.0. The van der Waals surface area contributed by atoms with Gasteiger partial charge in [0, 0.05) is 17.1 Å². The van der Waals surface area contributed by atoms with E-state index in [1.54, 1.807) is 18.4 Å². The second-order valence-corrected chi connectivity index (χ2v) is 8.03. The molecule has 0 fully saturated rings. The molecular weight excluding hydrogens is 390 g/mol. The summed E-state index contributed by atoms with van der Waals surface area (Å²) in [4.78, 5) is 4.40. The van der Waals surface area contributed by atoms with E-state index >= 15 is 0 Å². The van der Waals surface area contributed by atoms with E-state index in [4.69, 9.17) is 9.26 Å². The van der Waals surface area contributed by atoms with E-state index in [9.17, 15) is 0 Å². The van der Waals surface area contributed by atoms with Gasteiger partial charge in [0.15, 0.2) is 10.2 Å². The van der Waals surface area contributed by atoms with Crippen molar-refractivity contribution in [3.8, 4) is 17.2 Å². The second kappa shape index (κ2) is 7.85. The molecule has 10 heteroatoms. The van der Waals surface area contributed by atoms with E-state index < -0.39 is 0 Å². The number of nitrogens with zero attached hydrogens (tertiary/aromatic N) is 4. The van der Waals surface area contributed by atoms with Crippen LogP contribution in [0.5, 0.6) is 5.75 Å². The van der Waals surface area contributed by atoms with Crippen LogP contribution in [0.4, 0.5) is 10.8 Å². The number of methoxy groups -OCH3 is 1. The van der Waals surface area contributed by atoms with Crippen molar-refractivity contribution < 1.29 is 9.26 Å². The minimum absolute atomic E-state index is 0.541. The number of thioether (sulfide) groups is 1. The lowest BCUT2D eigenvalue weighted by molar-refractivity contribution is 0.415. The van der Waals surface area contributed by atoms with Crippen LogP contribution in [0.25, 0.3) is 11.5 Å². The van der Waals surface area contributed by atoms with Crippen LogP contribution in [0.15, 0.2) is 50.0 Å². The molecule has 132 valence electrons. The third-order valence-corrected chi connectivity index (χ3v) is 5.94. The molecule has 0 radical (unpaired) electrons. The molecule has 0 bridgehead atoms. The number of ether oxygens (including phenoxy) is 1. The van der Waals surface area contributed by atoms with Gasteiger partial charge in [-0.15, -0.1) is 10.2 Å². The maximum atomic E-state index is 5.28. The molecule has 3 heterocycles. The Hall–Kier alpha value is -2.43. The molecule has 0 aliphatic rings. The summed E-state index contributed by atoms with van der Waals surface area (Å²) in [5.74, 6) is 2.53. The van der Waals surface area contributed by atoms with Crippen molar-refractivity contribution in [2.45, 2.75) is 10.1 Å². The van der Waals surface area contributed by atoms with Crippen LogP contribution < -0.4 is 10.1 Å². The molecule has 0 saturated heterocycles. The summed E-state index contributed by atoms with van der Waals surface area (Å²) in [6.45, 7) is 0. The molecule has 4 rings (SSSR count). The van der Waals surface area contributed by atoms with Crippen LogP contribution in [0.2, 0.25) is 0 Å². The first-order valence-electron chi connectivity index (χ1n) is 7.53. The Kier molecular flexibility index (Phi) is 5.14. The molecule has 0 amide bonds. The third kappa shape index (κ3) is 4.03. The van der Waals surface area contributed by atoms with Crippen molar-refractivity contribution in [1.82, 2.24) is 20.3 Å². The maximum absolute atomic E-state index is 5.28. The Morgan fingerprint density at radius 3 is 3.08 bits per heavy atom. The lowest BCUT2D eigenvalue weighted by atomic mass is 10.3. The maximum Gasteiger partial charge on any atom is 0.258 e. The van der Waals surface area contributed by atoms with Gasteiger partial charge < -0.3 is 14.6 Å². The Bertz CT molecular complexity index is 983. The molecule has 1 aromatic carbocycles. The first kappa shape index (κ1) is 17.0. The number of thiophene rings is 1. The number of rotatable bonds is 7. The average Bonchev–Trinajstić information content (AvgIpc) is 3.41. The normalized spacial score (nSPS) is 10.8. The number of anilines is 2. The van der Waals surface area contributed by atoms with Gasteiger partial charge in [-0.2, -0.15) is 16.3 Å². The molecule has 0 unspecified atom stereocenters. The minimum atomic E-state index is 0.541. The number of aromatic nitrogens is 4. The predicted octanol–water partition coefficient (Wildman–Crippen LogP) is 4.69. The van der Waals surface area contributed by atoms with Gasteiger partial charge in [0.05, 0.1) is 18.4 Å². The van der Waals surface area contributed by atoms with Crippen molar-refractivity contribution >= 4 is 45.3 Å².